The molecular weight excluding hydrogens is 345 g/mol. The lowest BCUT2D eigenvalue weighted by Crippen LogP contribution is -2.41. The van der Waals surface area contributed by atoms with E-state index < -0.39 is 12.7 Å². The minimum absolute atomic E-state index is 0.214. The second-order valence-corrected chi connectivity index (χ2v) is 6.89. The maximum Gasteiger partial charge on any atom is 0.401 e. The summed E-state index contributed by atoms with van der Waals surface area (Å²) in [5, 5.41) is 10.9. The van der Waals surface area contributed by atoms with Gasteiger partial charge in [0.25, 0.3) is 0 Å². The van der Waals surface area contributed by atoms with Crippen LogP contribution in [-0.2, 0) is 6.54 Å². The standard InChI is InChI=1S/C17H29F3N6/c1-13-9-14(2)26(24-13)7-4-6-22-16(21-3)23-10-15-5-8-25(11-15)12-17(18,19)20/h9,15H,4-8,10-12H2,1-3H3,(H2,21,22,23). The van der Waals surface area contributed by atoms with Gasteiger partial charge in [-0.05, 0) is 45.2 Å². The lowest BCUT2D eigenvalue weighted by Gasteiger charge is -2.18. The van der Waals surface area contributed by atoms with E-state index in [4.69, 9.17) is 0 Å². The van der Waals surface area contributed by atoms with Crippen LogP contribution < -0.4 is 10.6 Å². The number of aliphatic imine (C=N–C) groups is 1. The summed E-state index contributed by atoms with van der Waals surface area (Å²) >= 11 is 0. The van der Waals surface area contributed by atoms with E-state index in [1.165, 1.54) is 4.90 Å². The van der Waals surface area contributed by atoms with Crippen LogP contribution in [0.1, 0.15) is 24.2 Å². The molecule has 26 heavy (non-hydrogen) atoms. The molecule has 0 amide bonds. The summed E-state index contributed by atoms with van der Waals surface area (Å²) in [4.78, 5) is 5.64. The first-order valence-electron chi connectivity index (χ1n) is 9.01. The van der Waals surface area contributed by atoms with E-state index in [0.717, 1.165) is 37.3 Å². The van der Waals surface area contributed by atoms with Crippen molar-refractivity contribution in [2.24, 2.45) is 10.9 Å². The number of hydrogen-bond donors (Lipinski definition) is 2. The molecule has 0 aliphatic carbocycles. The maximum absolute atomic E-state index is 12.4. The van der Waals surface area contributed by atoms with Crippen LogP contribution >= 0.6 is 0 Å². The maximum atomic E-state index is 12.4. The average Bonchev–Trinajstić information content (AvgIpc) is 3.11. The van der Waals surface area contributed by atoms with Crippen LogP contribution in [0.25, 0.3) is 0 Å². The van der Waals surface area contributed by atoms with Crippen molar-refractivity contribution in [3.05, 3.63) is 17.5 Å². The van der Waals surface area contributed by atoms with Crippen LogP contribution in [0.4, 0.5) is 13.2 Å². The van der Waals surface area contributed by atoms with Crippen molar-refractivity contribution in [3.8, 4) is 0 Å². The molecule has 1 aromatic heterocycles. The highest BCUT2D eigenvalue weighted by molar-refractivity contribution is 5.79. The topological polar surface area (TPSA) is 57.5 Å². The fraction of sp³-hybridized carbons (Fsp3) is 0.765. The van der Waals surface area contributed by atoms with Gasteiger partial charge in [0.1, 0.15) is 0 Å². The normalized spacial score (nSPS) is 19.2. The van der Waals surface area contributed by atoms with Crippen LogP contribution in [0, 0.1) is 19.8 Å². The third kappa shape index (κ3) is 6.86. The minimum Gasteiger partial charge on any atom is -0.356 e. The summed E-state index contributed by atoms with van der Waals surface area (Å²) in [6.07, 6.45) is -2.44. The monoisotopic (exact) mass is 374 g/mol. The lowest BCUT2D eigenvalue weighted by molar-refractivity contribution is -0.143. The minimum atomic E-state index is -4.12. The molecular formula is C17H29F3N6. The van der Waals surface area contributed by atoms with E-state index in [0.29, 0.717) is 25.6 Å². The molecule has 1 aliphatic heterocycles. The first-order valence-corrected chi connectivity index (χ1v) is 9.01. The van der Waals surface area contributed by atoms with E-state index >= 15 is 0 Å². The molecule has 0 bridgehead atoms. The number of guanidine groups is 1. The lowest BCUT2D eigenvalue weighted by atomic mass is 10.1. The molecule has 148 valence electrons. The summed E-state index contributed by atoms with van der Waals surface area (Å²) < 4.78 is 39.3. The van der Waals surface area contributed by atoms with Crippen LogP contribution in [0.15, 0.2) is 11.1 Å². The zero-order valence-corrected chi connectivity index (χ0v) is 15.7. The summed E-state index contributed by atoms with van der Waals surface area (Å²) in [5.74, 6) is 0.901. The first-order chi connectivity index (χ1) is 12.3. The van der Waals surface area contributed by atoms with Crippen LogP contribution in [-0.4, -0.2) is 66.6 Å². The smallest absolute Gasteiger partial charge is 0.356 e. The Morgan fingerprint density at radius 3 is 2.73 bits per heavy atom. The number of halogens is 3. The average molecular weight is 374 g/mol. The van der Waals surface area contributed by atoms with E-state index in [1.54, 1.807) is 7.05 Å². The van der Waals surface area contributed by atoms with Crippen molar-refractivity contribution in [1.82, 2.24) is 25.3 Å². The van der Waals surface area contributed by atoms with Crippen LogP contribution in [0.3, 0.4) is 0 Å². The molecule has 2 N–H and O–H groups in total. The highest BCUT2D eigenvalue weighted by atomic mass is 19.4. The van der Waals surface area contributed by atoms with Gasteiger partial charge in [0.2, 0.25) is 0 Å². The predicted octanol–water partition coefficient (Wildman–Crippen LogP) is 1.94. The number of nitrogens with zero attached hydrogens (tertiary/aromatic N) is 4. The van der Waals surface area contributed by atoms with Gasteiger partial charge in [-0.3, -0.25) is 14.6 Å². The number of hydrogen-bond acceptors (Lipinski definition) is 3. The Labute approximate surface area is 152 Å². The Kier molecular flexibility index (Phi) is 7.31. The molecule has 0 saturated carbocycles. The van der Waals surface area contributed by atoms with Gasteiger partial charge < -0.3 is 10.6 Å². The Morgan fingerprint density at radius 1 is 1.35 bits per heavy atom. The Morgan fingerprint density at radius 2 is 2.12 bits per heavy atom. The largest absolute Gasteiger partial charge is 0.401 e. The predicted molar refractivity (Wildman–Crippen MR) is 96.3 cm³/mol. The number of rotatable bonds is 7. The van der Waals surface area contributed by atoms with Gasteiger partial charge in [0, 0.05) is 38.9 Å². The van der Waals surface area contributed by atoms with Crippen LogP contribution in [0.2, 0.25) is 0 Å². The van der Waals surface area contributed by atoms with E-state index in [2.05, 4.69) is 26.8 Å². The van der Waals surface area contributed by atoms with Crippen molar-refractivity contribution in [2.45, 2.75) is 39.4 Å². The number of aryl methyl sites for hydroxylation is 3. The van der Waals surface area contributed by atoms with Crippen molar-refractivity contribution in [3.63, 3.8) is 0 Å². The fourth-order valence-corrected chi connectivity index (χ4v) is 3.28. The number of aromatic nitrogens is 2. The molecule has 0 aromatic carbocycles. The van der Waals surface area contributed by atoms with Crippen LogP contribution in [0.5, 0.6) is 0 Å². The summed E-state index contributed by atoms with van der Waals surface area (Å²) in [5.41, 5.74) is 2.17. The third-order valence-electron chi connectivity index (χ3n) is 4.50. The quantitative estimate of drug-likeness (QED) is 0.435. The number of nitrogens with one attached hydrogen (secondary N) is 2. The zero-order valence-electron chi connectivity index (χ0n) is 15.7. The fourth-order valence-electron chi connectivity index (χ4n) is 3.28. The van der Waals surface area contributed by atoms with Gasteiger partial charge in [-0.15, -0.1) is 0 Å². The molecule has 2 rings (SSSR count). The van der Waals surface area contributed by atoms with Gasteiger partial charge in [0.05, 0.1) is 12.2 Å². The molecule has 6 nitrogen and oxygen atoms in total. The van der Waals surface area contributed by atoms with Gasteiger partial charge in [-0.2, -0.15) is 18.3 Å². The van der Waals surface area contributed by atoms with E-state index in [1.807, 2.05) is 18.5 Å². The van der Waals surface area contributed by atoms with E-state index in [-0.39, 0.29) is 5.92 Å². The molecule has 1 aromatic rings. The Balaban J connectivity index is 1.63. The molecule has 1 unspecified atom stereocenters. The Hall–Kier alpha value is -1.77. The Bertz CT molecular complexity index is 596. The third-order valence-corrected chi connectivity index (χ3v) is 4.50. The highest BCUT2D eigenvalue weighted by Crippen LogP contribution is 2.22. The zero-order chi connectivity index (χ0) is 19.2. The second kappa shape index (κ2) is 9.25. The summed E-state index contributed by atoms with van der Waals surface area (Å²) in [6.45, 7) is 6.39. The molecule has 1 fully saturated rings. The van der Waals surface area contributed by atoms with E-state index in [9.17, 15) is 13.2 Å². The first kappa shape index (κ1) is 20.5. The highest BCUT2D eigenvalue weighted by Gasteiger charge is 2.34. The van der Waals surface area contributed by atoms with Crippen molar-refractivity contribution < 1.29 is 13.2 Å². The summed E-state index contributed by atoms with van der Waals surface area (Å²) in [7, 11) is 1.70. The molecule has 0 spiro atoms. The molecule has 9 heteroatoms. The molecule has 1 saturated heterocycles. The van der Waals surface area contributed by atoms with Gasteiger partial charge >= 0.3 is 6.18 Å². The van der Waals surface area contributed by atoms with Gasteiger partial charge in [-0.1, -0.05) is 0 Å². The molecule has 1 aliphatic rings. The van der Waals surface area contributed by atoms with Crippen molar-refractivity contribution >= 4 is 5.96 Å². The van der Waals surface area contributed by atoms with Gasteiger partial charge in [-0.25, -0.2) is 0 Å². The molecule has 0 radical (unpaired) electrons. The number of likely N-dealkylation sites (tertiary alicyclic amines) is 1. The van der Waals surface area contributed by atoms with Gasteiger partial charge in [0.15, 0.2) is 5.96 Å². The molecule has 2 heterocycles. The van der Waals surface area contributed by atoms with Crippen molar-refractivity contribution in [2.75, 3.05) is 39.8 Å². The summed E-state index contributed by atoms with van der Waals surface area (Å²) in [6, 6.07) is 2.05. The number of alkyl halides is 3. The second-order valence-electron chi connectivity index (χ2n) is 6.89. The SMILES string of the molecule is CN=C(NCCCn1nc(C)cc1C)NCC1CCN(CC(F)(F)F)C1. The molecule has 1 atom stereocenters. The van der Waals surface area contributed by atoms with Crippen molar-refractivity contribution in [1.29, 1.82) is 0 Å².